The lowest BCUT2D eigenvalue weighted by molar-refractivity contribution is -0.133. The summed E-state index contributed by atoms with van der Waals surface area (Å²) in [4.78, 5) is 12.8. The van der Waals surface area contributed by atoms with Gasteiger partial charge in [0.2, 0.25) is 5.91 Å². The summed E-state index contributed by atoms with van der Waals surface area (Å²) >= 11 is 0. The third kappa shape index (κ3) is 2.96. The Labute approximate surface area is 117 Å². The van der Waals surface area contributed by atoms with Crippen LogP contribution in [0, 0.1) is 17.3 Å². The highest BCUT2D eigenvalue weighted by atomic mass is 16.2. The lowest BCUT2D eigenvalue weighted by Gasteiger charge is -2.37. The largest absolute Gasteiger partial charge is 0.353 e. The van der Waals surface area contributed by atoms with Crippen molar-refractivity contribution in [3.63, 3.8) is 0 Å². The zero-order valence-electron chi connectivity index (χ0n) is 12.8. The lowest BCUT2D eigenvalue weighted by atomic mass is 9.74. The van der Waals surface area contributed by atoms with Crippen LogP contribution in [0.5, 0.6) is 0 Å². The van der Waals surface area contributed by atoms with E-state index in [0.29, 0.717) is 23.8 Å². The number of rotatable bonds is 4. The van der Waals surface area contributed by atoms with Crippen LogP contribution in [0.15, 0.2) is 0 Å². The average molecular weight is 266 g/mol. The topological polar surface area (TPSA) is 41.1 Å². The molecular weight excluding hydrogens is 236 g/mol. The van der Waals surface area contributed by atoms with E-state index in [1.54, 1.807) is 0 Å². The molecule has 0 aromatic rings. The molecular formula is C16H30N2O. The monoisotopic (exact) mass is 266 g/mol. The molecule has 3 nitrogen and oxygen atoms in total. The van der Waals surface area contributed by atoms with Crippen molar-refractivity contribution < 1.29 is 4.79 Å². The first-order chi connectivity index (χ1) is 9.10. The van der Waals surface area contributed by atoms with Crippen LogP contribution in [0.3, 0.4) is 0 Å². The Morgan fingerprint density at radius 1 is 1.37 bits per heavy atom. The van der Waals surface area contributed by atoms with Gasteiger partial charge >= 0.3 is 0 Å². The highest BCUT2D eigenvalue weighted by Crippen LogP contribution is 2.35. The van der Waals surface area contributed by atoms with Crippen molar-refractivity contribution in [1.29, 1.82) is 0 Å². The summed E-state index contributed by atoms with van der Waals surface area (Å²) in [5.74, 6) is 1.40. The van der Waals surface area contributed by atoms with Gasteiger partial charge in [-0.25, -0.2) is 0 Å². The maximum Gasteiger partial charge on any atom is 0.228 e. The van der Waals surface area contributed by atoms with E-state index >= 15 is 0 Å². The van der Waals surface area contributed by atoms with Gasteiger partial charge in [0.05, 0.1) is 5.41 Å². The van der Waals surface area contributed by atoms with Gasteiger partial charge in [0, 0.05) is 12.6 Å². The Kier molecular flexibility index (Phi) is 4.88. The number of hydrogen-bond donors (Lipinski definition) is 2. The molecule has 3 heteroatoms. The third-order valence-corrected chi connectivity index (χ3v) is 5.50. The predicted molar refractivity (Wildman–Crippen MR) is 78.9 cm³/mol. The highest BCUT2D eigenvalue weighted by Gasteiger charge is 2.44. The van der Waals surface area contributed by atoms with Gasteiger partial charge in [-0.05, 0) is 37.6 Å². The van der Waals surface area contributed by atoms with Gasteiger partial charge in [-0.1, -0.05) is 40.0 Å². The highest BCUT2D eigenvalue weighted by molar-refractivity contribution is 5.84. The second-order valence-electron chi connectivity index (χ2n) is 6.77. The van der Waals surface area contributed by atoms with Crippen molar-refractivity contribution in [1.82, 2.24) is 10.6 Å². The first kappa shape index (κ1) is 14.8. The quantitative estimate of drug-likeness (QED) is 0.821. The van der Waals surface area contributed by atoms with E-state index in [4.69, 9.17) is 0 Å². The van der Waals surface area contributed by atoms with E-state index in [1.807, 2.05) is 0 Å². The Morgan fingerprint density at radius 2 is 2.11 bits per heavy atom. The predicted octanol–water partition coefficient (Wildman–Crippen LogP) is 2.71. The van der Waals surface area contributed by atoms with E-state index < -0.39 is 0 Å². The number of hydrogen-bond acceptors (Lipinski definition) is 2. The minimum atomic E-state index is -0.171. The van der Waals surface area contributed by atoms with Crippen LogP contribution in [0.2, 0.25) is 0 Å². The molecule has 1 saturated carbocycles. The van der Waals surface area contributed by atoms with Gasteiger partial charge in [0.1, 0.15) is 0 Å². The van der Waals surface area contributed by atoms with Gasteiger partial charge < -0.3 is 10.6 Å². The second-order valence-corrected chi connectivity index (χ2v) is 6.77. The molecule has 2 fully saturated rings. The van der Waals surface area contributed by atoms with Crippen molar-refractivity contribution in [3.8, 4) is 0 Å². The molecule has 1 saturated heterocycles. The van der Waals surface area contributed by atoms with Crippen molar-refractivity contribution in [3.05, 3.63) is 0 Å². The molecule has 2 N–H and O–H groups in total. The summed E-state index contributed by atoms with van der Waals surface area (Å²) in [7, 11) is 0. The summed E-state index contributed by atoms with van der Waals surface area (Å²) < 4.78 is 0. The molecule has 110 valence electrons. The van der Waals surface area contributed by atoms with Crippen LogP contribution in [-0.4, -0.2) is 25.0 Å². The van der Waals surface area contributed by atoms with Gasteiger partial charge in [-0.15, -0.1) is 0 Å². The second kappa shape index (κ2) is 6.25. The summed E-state index contributed by atoms with van der Waals surface area (Å²) in [5, 5.41) is 6.78. The number of amides is 1. The van der Waals surface area contributed by atoms with Crippen LogP contribution in [0.1, 0.15) is 59.3 Å². The van der Waals surface area contributed by atoms with Crippen LogP contribution < -0.4 is 10.6 Å². The van der Waals surface area contributed by atoms with Crippen molar-refractivity contribution >= 4 is 5.91 Å². The lowest BCUT2D eigenvalue weighted by Crippen LogP contribution is -2.51. The SMILES string of the molecule is CCC1CCCCC1NC(=O)C1(C(C)C)CCNC1. The van der Waals surface area contributed by atoms with Crippen molar-refractivity contribution in [2.75, 3.05) is 13.1 Å². The Bertz CT molecular complexity index is 308. The fraction of sp³-hybridized carbons (Fsp3) is 0.938. The van der Waals surface area contributed by atoms with Gasteiger partial charge in [0.25, 0.3) is 0 Å². The zero-order chi connectivity index (χ0) is 13.9. The molecule has 0 bridgehead atoms. The molecule has 0 spiro atoms. The standard InChI is InChI=1S/C16H30N2O/c1-4-13-7-5-6-8-14(13)18-15(19)16(12(2)3)9-10-17-11-16/h12-14,17H,4-11H2,1-3H3,(H,18,19). The number of nitrogens with one attached hydrogen (secondary N) is 2. The van der Waals surface area contributed by atoms with Gasteiger partial charge in [0.15, 0.2) is 0 Å². The van der Waals surface area contributed by atoms with Crippen LogP contribution in [0.4, 0.5) is 0 Å². The molecule has 1 aliphatic heterocycles. The molecule has 1 heterocycles. The summed E-state index contributed by atoms with van der Waals surface area (Å²) in [6.45, 7) is 8.45. The Hall–Kier alpha value is -0.570. The molecule has 0 radical (unpaired) electrons. The summed E-state index contributed by atoms with van der Waals surface area (Å²) in [5.41, 5.74) is -0.171. The molecule has 1 amide bonds. The molecule has 3 atom stereocenters. The van der Waals surface area contributed by atoms with E-state index in [-0.39, 0.29) is 5.41 Å². The average Bonchev–Trinajstić information content (AvgIpc) is 2.90. The minimum absolute atomic E-state index is 0.171. The maximum absolute atomic E-state index is 12.8. The van der Waals surface area contributed by atoms with Gasteiger partial charge in [-0.2, -0.15) is 0 Å². The van der Waals surface area contributed by atoms with Crippen LogP contribution >= 0.6 is 0 Å². The number of carbonyl (C=O) groups is 1. The molecule has 3 unspecified atom stereocenters. The normalized spacial score (nSPS) is 35.6. The molecule has 1 aliphatic carbocycles. The third-order valence-electron chi connectivity index (χ3n) is 5.50. The molecule has 2 rings (SSSR count). The van der Waals surface area contributed by atoms with Crippen molar-refractivity contribution in [2.45, 2.75) is 65.3 Å². The van der Waals surface area contributed by atoms with E-state index in [9.17, 15) is 4.79 Å². The summed E-state index contributed by atoms with van der Waals surface area (Å²) in [6.07, 6.45) is 7.24. The fourth-order valence-electron chi connectivity index (χ4n) is 3.86. The van der Waals surface area contributed by atoms with Gasteiger partial charge in [-0.3, -0.25) is 4.79 Å². The maximum atomic E-state index is 12.8. The summed E-state index contributed by atoms with van der Waals surface area (Å²) in [6, 6.07) is 0.419. The molecule has 19 heavy (non-hydrogen) atoms. The molecule has 0 aromatic carbocycles. The van der Waals surface area contributed by atoms with E-state index in [1.165, 1.54) is 32.1 Å². The Balaban J connectivity index is 2.02. The van der Waals surface area contributed by atoms with E-state index in [2.05, 4.69) is 31.4 Å². The van der Waals surface area contributed by atoms with E-state index in [0.717, 1.165) is 19.5 Å². The molecule has 0 aromatic heterocycles. The van der Waals surface area contributed by atoms with Crippen LogP contribution in [0.25, 0.3) is 0 Å². The first-order valence-corrected chi connectivity index (χ1v) is 8.12. The minimum Gasteiger partial charge on any atom is -0.353 e. The van der Waals surface area contributed by atoms with Crippen molar-refractivity contribution in [2.24, 2.45) is 17.3 Å². The molecule has 2 aliphatic rings. The number of carbonyl (C=O) groups excluding carboxylic acids is 1. The smallest absolute Gasteiger partial charge is 0.228 e. The van der Waals surface area contributed by atoms with Crippen LogP contribution in [-0.2, 0) is 4.79 Å². The fourth-order valence-corrected chi connectivity index (χ4v) is 3.86. The first-order valence-electron chi connectivity index (χ1n) is 8.12. The zero-order valence-corrected chi connectivity index (χ0v) is 12.8. The Morgan fingerprint density at radius 3 is 2.68 bits per heavy atom.